The largest absolute Gasteiger partial charge is 0.481 e. The van der Waals surface area contributed by atoms with Crippen molar-refractivity contribution in [2.45, 2.75) is 51.6 Å². The van der Waals surface area contributed by atoms with Crippen molar-refractivity contribution in [3.8, 4) is 0 Å². The molecule has 0 saturated heterocycles. The number of carboxylic acid groups (broad SMARTS) is 1. The highest BCUT2D eigenvalue weighted by atomic mass is 16.4. The van der Waals surface area contributed by atoms with Crippen LogP contribution in [0.5, 0.6) is 0 Å². The van der Waals surface area contributed by atoms with Crippen molar-refractivity contribution >= 4 is 11.9 Å². The molecule has 0 fully saturated rings. The second kappa shape index (κ2) is 9.75. The molecule has 0 aromatic heterocycles. The summed E-state index contributed by atoms with van der Waals surface area (Å²) in [6.45, 7) is 5.87. The number of hydrogen-bond donors (Lipinski definition) is 3. The first-order valence-corrected chi connectivity index (χ1v) is 6.80. The minimum absolute atomic E-state index is 0.0756. The zero-order valence-corrected chi connectivity index (χ0v) is 12.2. The summed E-state index contributed by atoms with van der Waals surface area (Å²) in [4.78, 5) is 24.1. The maximum Gasteiger partial charge on any atom is 0.303 e. The molecule has 6 heteroatoms. The molecule has 1 amide bonds. The number of aliphatic carboxylic acids is 1. The third kappa shape index (κ3) is 9.44. The monoisotopic (exact) mass is 273 g/mol. The van der Waals surface area contributed by atoms with Crippen molar-refractivity contribution < 1.29 is 14.7 Å². The Bertz CT molecular complexity index is 282. The molecule has 19 heavy (non-hydrogen) atoms. The zero-order valence-electron chi connectivity index (χ0n) is 12.2. The van der Waals surface area contributed by atoms with E-state index in [4.69, 9.17) is 10.8 Å². The van der Waals surface area contributed by atoms with Crippen LogP contribution in [0.3, 0.4) is 0 Å². The molecule has 6 nitrogen and oxygen atoms in total. The summed E-state index contributed by atoms with van der Waals surface area (Å²) in [6, 6.07) is -0.200. The fourth-order valence-electron chi connectivity index (χ4n) is 1.50. The fourth-order valence-corrected chi connectivity index (χ4v) is 1.50. The van der Waals surface area contributed by atoms with E-state index in [2.05, 4.69) is 31.1 Å². The molecule has 112 valence electrons. The van der Waals surface area contributed by atoms with Gasteiger partial charge in [0.2, 0.25) is 5.91 Å². The van der Waals surface area contributed by atoms with Gasteiger partial charge < -0.3 is 21.1 Å². The van der Waals surface area contributed by atoms with Gasteiger partial charge in [-0.1, -0.05) is 0 Å². The van der Waals surface area contributed by atoms with Gasteiger partial charge in [-0.15, -0.1) is 0 Å². The lowest BCUT2D eigenvalue weighted by Crippen LogP contribution is -2.41. The molecule has 0 aliphatic carbocycles. The first kappa shape index (κ1) is 17.9. The predicted octanol–water partition coefficient (Wildman–Crippen LogP) is 0.415. The summed E-state index contributed by atoms with van der Waals surface area (Å²) in [5.74, 6) is -1.20. The number of nitrogens with two attached hydrogens (primary N) is 1. The lowest BCUT2D eigenvalue weighted by atomic mass is 10.1. The zero-order chi connectivity index (χ0) is 14.8. The number of rotatable bonds is 10. The molecule has 1 unspecified atom stereocenters. The van der Waals surface area contributed by atoms with Crippen molar-refractivity contribution in [3.63, 3.8) is 0 Å². The van der Waals surface area contributed by atoms with Gasteiger partial charge in [-0.25, -0.2) is 0 Å². The fraction of sp³-hybridized carbons (Fsp3) is 0.846. The SMILES string of the molecule is CC(C)N(C)CCCCNC(=O)C(N)CCC(=O)O. The molecule has 0 bridgehead atoms. The molecular formula is C13H27N3O3. The van der Waals surface area contributed by atoms with Crippen LogP contribution in [0.2, 0.25) is 0 Å². The molecule has 0 spiro atoms. The lowest BCUT2D eigenvalue weighted by molar-refractivity contribution is -0.137. The van der Waals surface area contributed by atoms with Crippen molar-refractivity contribution in [3.05, 3.63) is 0 Å². The highest BCUT2D eigenvalue weighted by Gasteiger charge is 2.14. The molecule has 0 radical (unpaired) electrons. The van der Waals surface area contributed by atoms with Gasteiger partial charge in [0.25, 0.3) is 0 Å². The highest BCUT2D eigenvalue weighted by Crippen LogP contribution is 1.98. The molecule has 1 atom stereocenters. The average Bonchev–Trinajstić information content (AvgIpc) is 2.34. The summed E-state index contributed by atoms with van der Waals surface area (Å²) in [7, 11) is 2.07. The first-order chi connectivity index (χ1) is 8.84. The Balaban J connectivity index is 3.60. The van der Waals surface area contributed by atoms with Gasteiger partial charge in [0.15, 0.2) is 0 Å². The predicted molar refractivity (Wildman–Crippen MR) is 74.9 cm³/mol. The Morgan fingerprint density at radius 3 is 2.47 bits per heavy atom. The van der Waals surface area contributed by atoms with Gasteiger partial charge in [-0.2, -0.15) is 0 Å². The van der Waals surface area contributed by atoms with Crippen LogP contribution in [0.4, 0.5) is 0 Å². The summed E-state index contributed by atoms with van der Waals surface area (Å²) in [5, 5.41) is 11.2. The Labute approximate surface area is 115 Å². The van der Waals surface area contributed by atoms with Gasteiger partial charge in [-0.3, -0.25) is 9.59 Å². The Morgan fingerprint density at radius 1 is 1.32 bits per heavy atom. The van der Waals surface area contributed by atoms with Crippen LogP contribution in [-0.2, 0) is 9.59 Å². The van der Waals surface area contributed by atoms with Gasteiger partial charge in [0.05, 0.1) is 6.04 Å². The molecule has 0 aliphatic heterocycles. The number of carbonyl (C=O) groups is 2. The maximum absolute atomic E-state index is 11.5. The number of carboxylic acids is 1. The van der Waals surface area contributed by atoms with Crippen LogP contribution < -0.4 is 11.1 Å². The van der Waals surface area contributed by atoms with Crippen LogP contribution in [-0.4, -0.2) is 54.1 Å². The Morgan fingerprint density at radius 2 is 1.95 bits per heavy atom. The van der Waals surface area contributed by atoms with Gasteiger partial charge in [0.1, 0.15) is 0 Å². The minimum atomic E-state index is -0.931. The van der Waals surface area contributed by atoms with Gasteiger partial charge >= 0.3 is 5.97 Å². The smallest absolute Gasteiger partial charge is 0.303 e. The molecule has 0 aromatic carbocycles. The van der Waals surface area contributed by atoms with Crippen molar-refractivity contribution in [1.82, 2.24) is 10.2 Å². The van der Waals surface area contributed by atoms with Crippen molar-refractivity contribution in [1.29, 1.82) is 0 Å². The molecule has 0 saturated carbocycles. The van der Waals surface area contributed by atoms with Crippen LogP contribution in [0.1, 0.15) is 39.5 Å². The number of carbonyl (C=O) groups excluding carboxylic acids is 1. The highest BCUT2D eigenvalue weighted by molar-refractivity contribution is 5.82. The van der Waals surface area contributed by atoms with Gasteiger partial charge in [-0.05, 0) is 46.7 Å². The van der Waals surface area contributed by atoms with E-state index >= 15 is 0 Å². The third-order valence-corrected chi connectivity index (χ3v) is 3.12. The van der Waals surface area contributed by atoms with Crippen LogP contribution in [0, 0.1) is 0 Å². The number of hydrogen-bond acceptors (Lipinski definition) is 4. The quantitative estimate of drug-likeness (QED) is 0.501. The Kier molecular flexibility index (Phi) is 9.16. The summed E-state index contributed by atoms with van der Waals surface area (Å²) >= 11 is 0. The Hall–Kier alpha value is -1.14. The van der Waals surface area contributed by atoms with E-state index in [0.29, 0.717) is 12.6 Å². The van der Waals surface area contributed by atoms with E-state index in [0.717, 1.165) is 19.4 Å². The molecule has 0 aliphatic rings. The van der Waals surface area contributed by atoms with E-state index in [9.17, 15) is 9.59 Å². The minimum Gasteiger partial charge on any atom is -0.481 e. The number of amides is 1. The van der Waals surface area contributed by atoms with Crippen molar-refractivity contribution in [2.75, 3.05) is 20.1 Å². The third-order valence-electron chi connectivity index (χ3n) is 3.12. The van der Waals surface area contributed by atoms with E-state index in [-0.39, 0.29) is 18.7 Å². The van der Waals surface area contributed by atoms with Crippen molar-refractivity contribution in [2.24, 2.45) is 5.73 Å². The summed E-state index contributed by atoms with van der Waals surface area (Å²) < 4.78 is 0. The molecule has 0 rings (SSSR count). The van der Waals surface area contributed by atoms with E-state index < -0.39 is 12.0 Å². The standard InChI is InChI=1S/C13H27N3O3/c1-10(2)16(3)9-5-4-8-15-13(19)11(14)6-7-12(17)18/h10-11H,4-9,14H2,1-3H3,(H,15,19)(H,17,18). The van der Waals surface area contributed by atoms with Gasteiger partial charge in [0, 0.05) is 19.0 Å². The van der Waals surface area contributed by atoms with Crippen LogP contribution in [0.25, 0.3) is 0 Å². The summed E-state index contributed by atoms with van der Waals surface area (Å²) in [6.07, 6.45) is 2.01. The second-order valence-corrected chi connectivity index (χ2v) is 5.11. The molecule has 4 N–H and O–H groups in total. The maximum atomic E-state index is 11.5. The number of unbranched alkanes of at least 4 members (excludes halogenated alkanes) is 1. The molecule has 0 heterocycles. The number of nitrogens with zero attached hydrogens (tertiary/aromatic N) is 1. The average molecular weight is 273 g/mol. The number of nitrogens with one attached hydrogen (secondary N) is 1. The topological polar surface area (TPSA) is 95.7 Å². The first-order valence-electron chi connectivity index (χ1n) is 6.80. The molecule has 0 aromatic rings. The van der Waals surface area contributed by atoms with Crippen LogP contribution >= 0.6 is 0 Å². The van der Waals surface area contributed by atoms with E-state index in [1.165, 1.54) is 0 Å². The molecular weight excluding hydrogens is 246 g/mol. The second-order valence-electron chi connectivity index (χ2n) is 5.11. The summed E-state index contributed by atoms with van der Waals surface area (Å²) in [5.41, 5.74) is 5.58. The van der Waals surface area contributed by atoms with E-state index in [1.807, 2.05) is 0 Å². The normalized spacial score (nSPS) is 12.7. The van der Waals surface area contributed by atoms with Crippen LogP contribution in [0.15, 0.2) is 0 Å². The lowest BCUT2D eigenvalue weighted by Gasteiger charge is -2.20. The van der Waals surface area contributed by atoms with E-state index in [1.54, 1.807) is 0 Å².